The van der Waals surface area contributed by atoms with Crippen LogP contribution in [-0.2, 0) is 9.53 Å². The first-order valence-corrected chi connectivity index (χ1v) is 18.0. The monoisotopic (exact) mass is 729 g/mol. The van der Waals surface area contributed by atoms with Gasteiger partial charge in [-0.05, 0) is 63.9 Å². The van der Waals surface area contributed by atoms with Crippen molar-refractivity contribution in [3.63, 3.8) is 0 Å². The summed E-state index contributed by atoms with van der Waals surface area (Å²) in [5.74, 6) is -0.0543. The zero-order valence-corrected chi connectivity index (χ0v) is 30.2. The maximum Gasteiger partial charge on any atom is 0.246 e. The number of carbonyl (C=O) groups is 1. The number of amides is 1. The Morgan fingerprint density at radius 2 is 2.02 bits per heavy atom. The molecule has 51 heavy (non-hydrogen) atoms. The summed E-state index contributed by atoms with van der Waals surface area (Å²) in [5.41, 5.74) is 3.83. The van der Waals surface area contributed by atoms with E-state index in [0.717, 1.165) is 38.0 Å². The van der Waals surface area contributed by atoms with Gasteiger partial charge in [-0.25, -0.2) is 14.4 Å². The lowest BCUT2D eigenvalue weighted by Gasteiger charge is -2.52. The van der Waals surface area contributed by atoms with Crippen molar-refractivity contribution in [3.8, 4) is 17.2 Å². The van der Waals surface area contributed by atoms with Crippen LogP contribution in [0.5, 0.6) is 0 Å². The van der Waals surface area contributed by atoms with Crippen molar-refractivity contribution in [2.45, 2.75) is 56.7 Å². The van der Waals surface area contributed by atoms with Crippen LogP contribution < -0.4 is 4.90 Å². The zero-order chi connectivity index (χ0) is 35.6. The highest BCUT2D eigenvalue weighted by Gasteiger charge is 2.49. The Morgan fingerprint density at radius 3 is 2.76 bits per heavy atom. The molecule has 0 unspecified atom stereocenters. The fraction of sp³-hybridized carbons (Fsp3) is 0.432. The molecule has 3 aliphatic heterocycles. The number of imidazole rings is 1. The van der Waals surface area contributed by atoms with Crippen LogP contribution >= 0.6 is 23.2 Å². The molecular weight excluding hydrogens is 692 g/mol. The van der Waals surface area contributed by atoms with Crippen molar-refractivity contribution >= 4 is 67.8 Å². The molecule has 11 nitrogen and oxygen atoms in total. The van der Waals surface area contributed by atoms with E-state index in [1.54, 1.807) is 42.7 Å². The average molecular weight is 731 g/mol. The number of nitrogens with zero attached hydrogens (tertiary/aromatic N) is 8. The summed E-state index contributed by atoms with van der Waals surface area (Å²) in [4.78, 5) is 29.5. The number of aromatic nitrogens is 5. The van der Waals surface area contributed by atoms with Crippen LogP contribution in [0.3, 0.4) is 0 Å². The summed E-state index contributed by atoms with van der Waals surface area (Å²) in [7, 11) is 3.74. The van der Waals surface area contributed by atoms with E-state index < -0.39 is 5.82 Å². The van der Waals surface area contributed by atoms with E-state index >= 15 is 4.39 Å². The van der Waals surface area contributed by atoms with Crippen molar-refractivity contribution in [1.82, 2.24) is 34.5 Å². The SMILES string of the molecule is COC/C=C/C(=O)N1CC[C@H](n2cnc3c(N4CC5(CCCN5C)C4)nc4c(F)c(-c5c(C)c(Cl)cc6[nH]ncc56)c(Cl)cc4c32)C[C@H]1CC#N. The Kier molecular flexibility index (Phi) is 8.66. The molecule has 2 aromatic carbocycles. The van der Waals surface area contributed by atoms with E-state index in [2.05, 4.69) is 37.7 Å². The second-order valence-electron chi connectivity index (χ2n) is 14.1. The Balaban J connectivity index is 1.28. The second kappa shape index (κ2) is 13.0. The number of anilines is 1. The average Bonchev–Trinajstić information content (AvgIpc) is 3.84. The number of ether oxygens (including phenoxy) is 1. The number of aromatic amines is 1. The Morgan fingerprint density at radius 1 is 1.20 bits per heavy atom. The van der Waals surface area contributed by atoms with Crippen molar-refractivity contribution in [2.75, 3.05) is 51.8 Å². The third kappa shape index (κ3) is 5.44. The van der Waals surface area contributed by atoms with Crippen LogP contribution in [0.15, 0.2) is 36.8 Å². The topological polar surface area (TPSA) is 119 Å². The lowest BCUT2D eigenvalue weighted by atomic mass is 9.87. The van der Waals surface area contributed by atoms with Crippen LogP contribution in [-0.4, -0.2) is 99.0 Å². The van der Waals surface area contributed by atoms with Crippen molar-refractivity contribution < 1.29 is 13.9 Å². The third-order valence-electron chi connectivity index (χ3n) is 11.3. The minimum Gasteiger partial charge on any atom is -0.381 e. The van der Waals surface area contributed by atoms with Gasteiger partial charge in [-0.2, -0.15) is 10.4 Å². The fourth-order valence-corrected chi connectivity index (χ4v) is 9.05. The van der Waals surface area contributed by atoms with Gasteiger partial charge in [0, 0.05) is 71.8 Å². The third-order valence-corrected chi connectivity index (χ3v) is 12.0. The predicted molar refractivity (Wildman–Crippen MR) is 197 cm³/mol. The number of nitriles is 1. The molecule has 1 amide bonds. The first kappa shape index (κ1) is 33.8. The molecule has 1 spiro atoms. The highest BCUT2D eigenvalue weighted by Crippen LogP contribution is 2.47. The molecule has 3 fully saturated rings. The van der Waals surface area contributed by atoms with Crippen LogP contribution in [0.4, 0.5) is 10.2 Å². The summed E-state index contributed by atoms with van der Waals surface area (Å²) in [6, 6.07) is 5.43. The standard InChI is InChI=1S/C37H38Cl2FN9O2/c1-21-26(38)16-28-25(17-43-45-28)30(21)31-27(39)15-24-33(32(31)40)44-36(47-18-37(19-47)9-5-11-46(37)2)34-35(24)49(20-42-34)23-8-12-48(22(14-23)7-10-41)29(50)6-4-13-51-3/h4,6,15-17,20,22-23H,5,7-9,11-14,18-19H2,1-3H3,(H,43,45)/b6-4+/t22-,23+/m1/s1. The number of pyridine rings is 1. The minimum absolute atomic E-state index is 0.0710. The maximum absolute atomic E-state index is 17.3. The molecule has 1 N–H and O–H groups in total. The molecule has 0 saturated carbocycles. The molecule has 264 valence electrons. The van der Waals surface area contributed by atoms with Gasteiger partial charge >= 0.3 is 0 Å². The summed E-state index contributed by atoms with van der Waals surface area (Å²) in [5, 5.41) is 18.8. The number of benzene rings is 2. The normalized spacial score (nSPS) is 20.7. The van der Waals surface area contributed by atoms with Gasteiger partial charge in [0.05, 0.1) is 53.2 Å². The number of piperidine rings is 1. The molecule has 3 aromatic heterocycles. The molecule has 0 aliphatic carbocycles. The van der Waals surface area contributed by atoms with Gasteiger partial charge in [0.2, 0.25) is 5.91 Å². The number of methoxy groups -OCH3 is 1. The Hall–Kier alpha value is -4.28. The summed E-state index contributed by atoms with van der Waals surface area (Å²) in [6.45, 7) is 5.23. The number of likely N-dealkylation sites (N-methyl/N-ethyl adjacent to an activating group) is 1. The molecule has 0 bridgehead atoms. The van der Waals surface area contributed by atoms with Crippen molar-refractivity contribution in [2.24, 2.45) is 0 Å². The van der Waals surface area contributed by atoms with E-state index in [0.29, 0.717) is 69.8 Å². The number of H-pyrrole nitrogens is 1. The maximum atomic E-state index is 17.3. The number of nitrogens with one attached hydrogen (secondary N) is 1. The number of fused-ring (bicyclic) bond motifs is 4. The van der Waals surface area contributed by atoms with Gasteiger partial charge in [-0.3, -0.25) is 14.8 Å². The number of halogens is 3. The molecule has 5 aromatic rings. The number of hydrogen-bond acceptors (Lipinski definition) is 8. The first-order chi connectivity index (χ1) is 24.7. The molecule has 2 atom stereocenters. The van der Waals surface area contributed by atoms with E-state index in [1.165, 1.54) is 6.08 Å². The molecule has 14 heteroatoms. The summed E-state index contributed by atoms with van der Waals surface area (Å²) < 4.78 is 24.5. The fourth-order valence-electron chi connectivity index (χ4n) is 8.56. The largest absolute Gasteiger partial charge is 0.381 e. The molecule has 3 aliphatic rings. The van der Waals surface area contributed by atoms with Gasteiger partial charge in [-0.1, -0.05) is 29.3 Å². The molecule has 8 rings (SSSR count). The van der Waals surface area contributed by atoms with Gasteiger partial charge in [0.15, 0.2) is 11.6 Å². The number of hydrogen-bond donors (Lipinski definition) is 1. The quantitative estimate of drug-likeness (QED) is 0.182. The Bertz CT molecular complexity index is 2270. The lowest BCUT2D eigenvalue weighted by molar-refractivity contribution is -0.130. The lowest BCUT2D eigenvalue weighted by Crippen LogP contribution is -2.67. The minimum atomic E-state index is -0.542. The number of rotatable bonds is 7. The first-order valence-electron chi connectivity index (χ1n) is 17.3. The summed E-state index contributed by atoms with van der Waals surface area (Å²) in [6.07, 6.45) is 10.2. The van der Waals surface area contributed by atoms with Crippen LogP contribution in [0.2, 0.25) is 10.0 Å². The summed E-state index contributed by atoms with van der Waals surface area (Å²) >= 11 is 13.7. The van der Waals surface area contributed by atoms with E-state index in [1.807, 2.05) is 6.92 Å². The zero-order valence-electron chi connectivity index (χ0n) is 28.7. The molecule has 3 saturated heterocycles. The predicted octanol–water partition coefficient (Wildman–Crippen LogP) is 6.81. The molecular formula is C37H38Cl2FN9O2. The highest BCUT2D eigenvalue weighted by molar-refractivity contribution is 6.36. The van der Waals surface area contributed by atoms with Gasteiger partial charge in [0.1, 0.15) is 11.0 Å². The van der Waals surface area contributed by atoms with Crippen LogP contribution in [0, 0.1) is 24.1 Å². The number of likely N-dealkylation sites (tertiary alicyclic amines) is 2. The van der Waals surface area contributed by atoms with E-state index in [9.17, 15) is 10.1 Å². The van der Waals surface area contributed by atoms with Gasteiger partial charge < -0.3 is 19.1 Å². The van der Waals surface area contributed by atoms with E-state index in [4.69, 9.17) is 37.9 Å². The molecule has 0 radical (unpaired) electrons. The molecule has 6 heterocycles. The van der Waals surface area contributed by atoms with Crippen LogP contribution in [0.1, 0.15) is 43.7 Å². The smallest absolute Gasteiger partial charge is 0.246 e. The van der Waals surface area contributed by atoms with Gasteiger partial charge in [-0.15, -0.1) is 0 Å². The van der Waals surface area contributed by atoms with Crippen LogP contribution in [0.25, 0.3) is 44.0 Å². The van der Waals surface area contributed by atoms with E-state index in [-0.39, 0.29) is 46.1 Å². The highest BCUT2D eigenvalue weighted by atomic mass is 35.5. The Labute approximate surface area is 304 Å². The van der Waals surface area contributed by atoms with Gasteiger partial charge in [0.25, 0.3) is 0 Å². The second-order valence-corrected chi connectivity index (χ2v) is 14.9. The van der Waals surface area contributed by atoms with Crippen molar-refractivity contribution in [3.05, 3.63) is 58.2 Å². The number of carbonyl (C=O) groups excluding carboxylic acids is 1. The van der Waals surface area contributed by atoms with Crippen molar-refractivity contribution in [1.29, 1.82) is 5.26 Å².